The van der Waals surface area contributed by atoms with E-state index < -0.39 is 30.3 Å². The van der Waals surface area contributed by atoms with Crippen molar-refractivity contribution in [2.45, 2.75) is 32.2 Å². The van der Waals surface area contributed by atoms with Crippen LogP contribution in [-0.4, -0.2) is 46.2 Å². The molecule has 110 valence electrons. The van der Waals surface area contributed by atoms with Crippen LogP contribution in [0.2, 0.25) is 0 Å². The molecule has 0 spiro atoms. The number of methoxy groups -OCH3 is 1. The summed E-state index contributed by atoms with van der Waals surface area (Å²) in [7, 11) is 1.14. The van der Waals surface area contributed by atoms with Gasteiger partial charge in [-0.1, -0.05) is 5.16 Å². The van der Waals surface area contributed by atoms with Gasteiger partial charge in [-0.15, -0.1) is 0 Å². The molecule has 0 unspecified atom stereocenters. The van der Waals surface area contributed by atoms with Crippen molar-refractivity contribution in [3.8, 4) is 0 Å². The van der Waals surface area contributed by atoms with Crippen molar-refractivity contribution in [1.29, 1.82) is 0 Å². The molecule has 0 aliphatic heterocycles. The zero-order valence-corrected chi connectivity index (χ0v) is 11.1. The summed E-state index contributed by atoms with van der Waals surface area (Å²) in [6, 6.07) is -1.32. The minimum Gasteiger partial charge on any atom is -0.480 e. The van der Waals surface area contributed by atoms with Gasteiger partial charge in [0.15, 0.2) is 5.82 Å². The van der Waals surface area contributed by atoms with Crippen LogP contribution < -0.4 is 5.32 Å². The number of esters is 1. The SMILES string of the molecule is COC(=O)C[C@H](NC(=O)CCc1nc(C)no1)C(=O)O. The lowest BCUT2D eigenvalue weighted by atomic mass is 10.2. The number of nitrogens with zero attached hydrogens (tertiary/aromatic N) is 2. The topological polar surface area (TPSA) is 132 Å². The van der Waals surface area contributed by atoms with Gasteiger partial charge in [-0.25, -0.2) is 4.79 Å². The van der Waals surface area contributed by atoms with E-state index in [9.17, 15) is 14.4 Å². The van der Waals surface area contributed by atoms with Gasteiger partial charge in [0.05, 0.1) is 13.5 Å². The number of carboxylic acid groups (broad SMARTS) is 1. The number of hydrogen-bond donors (Lipinski definition) is 2. The Morgan fingerprint density at radius 1 is 1.45 bits per heavy atom. The van der Waals surface area contributed by atoms with E-state index in [2.05, 4.69) is 20.2 Å². The Bertz CT molecular complexity index is 498. The van der Waals surface area contributed by atoms with E-state index in [1.807, 2.05) is 0 Å². The van der Waals surface area contributed by atoms with Crippen LogP contribution in [-0.2, 0) is 25.5 Å². The minimum absolute atomic E-state index is 0.0212. The molecule has 1 rings (SSSR count). The summed E-state index contributed by atoms with van der Waals surface area (Å²) < 4.78 is 9.18. The summed E-state index contributed by atoms with van der Waals surface area (Å²) >= 11 is 0. The largest absolute Gasteiger partial charge is 0.480 e. The fraction of sp³-hybridized carbons (Fsp3) is 0.545. The van der Waals surface area contributed by atoms with Crippen LogP contribution >= 0.6 is 0 Å². The second-order valence-corrected chi connectivity index (χ2v) is 3.97. The highest BCUT2D eigenvalue weighted by Crippen LogP contribution is 2.01. The molecule has 1 aromatic rings. The average Bonchev–Trinajstić information content (AvgIpc) is 2.81. The summed E-state index contributed by atoms with van der Waals surface area (Å²) in [5.41, 5.74) is 0. The number of amides is 1. The second-order valence-electron chi connectivity index (χ2n) is 3.97. The number of rotatable bonds is 7. The number of ether oxygens (including phenoxy) is 1. The van der Waals surface area contributed by atoms with Gasteiger partial charge in [0, 0.05) is 12.8 Å². The standard InChI is InChI=1S/C11H15N3O6/c1-6-12-9(20-14-6)4-3-8(15)13-7(11(17)18)5-10(16)19-2/h7H,3-5H2,1-2H3,(H,13,15)(H,17,18)/t7-/m0/s1. The van der Waals surface area contributed by atoms with Gasteiger partial charge in [0.1, 0.15) is 6.04 Å². The van der Waals surface area contributed by atoms with E-state index in [-0.39, 0.29) is 18.7 Å². The van der Waals surface area contributed by atoms with E-state index in [4.69, 9.17) is 9.63 Å². The van der Waals surface area contributed by atoms with Crippen molar-refractivity contribution in [2.75, 3.05) is 7.11 Å². The molecular weight excluding hydrogens is 270 g/mol. The Kier molecular flexibility index (Phi) is 5.63. The highest BCUT2D eigenvalue weighted by Gasteiger charge is 2.23. The van der Waals surface area contributed by atoms with Gasteiger partial charge in [-0.3, -0.25) is 9.59 Å². The van der Waals surface area contributed by atoms with Gasteiger partial charge in [-0.05, 0) is 6.92 Å². The Labute approximate surface area is 114 Å². The number of carbonyl (C=O) groups is 3. The second kappa shape index (κ2) is 7.22. The first-order chi connectivity index (χ1) is 9.42. The first kappa shape index (κ1) is 15.6. The number of nitrogens with one attached hydrogen (secondary N) is 1. The molecular formula is C11H15N3O6. The third-order valence-electron chi connectivity index (χ3n) is 2.37. The van der Waals surface area contributed by atoms with Gasteiger partial charge in [0.25, 0.3) is 0 Å². The average molecular weight is 285 g/mol. The molecule has 0 saturated carbocycles. The fourth-order valence-corrected chi connectivity index (χ4v) is 1.38. The zero-order chi connectivity index (χ0) is 15.1. The van der Waals surface area contributed by atoms with Crippen molar-refractivity contribution >= 4 is 17.8 Å². The van der Waals surface area contributed by atoms with E-state index in [0.29, 0.717) is 5.82 Å². The van der Waals surface area contributed by atoms with Crippen LogP contribution in [0.5, 0.6) is 0 Å². The van der Waals surface area contributed by atoms with E-state index in [0.717, 1.165) is 7.11 Å². The van der Waals surface area contributed by atoms with E-state index in [1.54, 1.807) is 6.92 Å². The number of aliphatic carboxylic acids is 1. The normalized spacial score (nSPS) is 11.7. The number of hydrogen-bond acceptors (Lipinski definition) is 7. The molecule has 0 aromatic carbocycles. The lowest BCUT2D eigenvalue weighted by molar-refractivity contribution is -0.148. The van der Waals surface area contributed by atoms with Gasteiger partial charge >= 0.3 is 11.9 Å². The number of aromatic nitrogens is 2. The first-order valence-corrected chi connectivity index (χ1v) is 5.80. The molecule has 2 N–H and O–H groups in total. The highest BCUT2D eigenvalue weighted by molar-refractivity contribution is 5.87. The summed E-state index contributed by atoms with van der Waals surface area (Å²) in [6.07, 6.45) is -0.263. The molecule has 9 nitrogen and oxygen atoms in total. The van der Waals surface area contributed by atoms with Gasteiger partial charge < -0.3 is 19.7 Å². The third-order valence-corrected chi connectivity index (χ3v) is 2.37. The summed E-state index contributed by atoms with van der Waals surface area (Å²) in [6.45, 7) is 1.64. The first-order valence-electron chi connectivity index (χ1n) is 5.80. The Morgan fingerprint density at radius 2 is 2.15 bits per heavy atom. The van der Waals surface area contributed by atoms with Gasteiger partial charge in [-0.2, -0.15) is 4.98 Å². The minimum atomic E-state index is -1.32. The maximum atomic E-state index is 11.6. The number of carboxylic acids is 1. The van der Waals surface area contributed by atoms with Crippen molar-refractivity contribution in [1.82, 2.24) is 15.5 Å². The smallest absolute Gasteiger partial charge is 0.326 e. The van der Waals surface area contributed by atoms with Crippen LogP contribution in [0.4, 0.5) is 0 Å². The lowest BCUT2D eigenvalue weighted by Gasteiger charge is -2.12. The zero-order valence-electron chi connectivity index (χ0n) is 11.1. The van der Waals surface area contributed by atoms with Crippen LogP contribution in [0, 0.1) is 6.92 Å². The molecule has 1 heterocycles. The predicted octanol–water partition coefficient (Wildman–Crippen LogP) is -0.557. The molecule has 20 heavy (non-hydrogen) atoms. The van der Waals surface area contributed by atoms with Crippen LogP contribution in [0.1, 0.15) is 24.6 Å². The molecule has 0 aliphatic rings. The molecule has 1 atom stereocenters. The predicted molar refractivity (Wildman–Crippen MR) is 63.6 cm³/mol. The van der Waals surface area contributed by atoms with E-state index in [1.165, 1.54) is 0 Å². The van der Waals surface area contributed by atoms with Crippen LogP contribution in [0.3, 0.4) is 0 Å². The third kappa shape index (κ3) is 5.04. The molecule has 1 amide bonds. The molecule has 0 radical (unpaired) electrons. The van der Waals surface area contributed by atoms with Crippen molar-refractivity contribution in [2.24, 2.45) is 0 Å². The molecule has 0 saturated heterocycles. The summed E-state index contributed by atoms with van der Waals surface area (Å²) in [5, 5.41) is 14.7. The molecule has 0 fully saturated rings. The lowest BCUT2D eigenvalue weighted by Crippen LogP contribution is -2.42. The van der Waals surface area contributed by atoms with Crippen molar-refractivity contribution < 1.29 is 28.8 Å². The van der Waals surface area contributed by atoms with Crippen molar-refractivity contribution in [3.05, 3.63) is 11.7 Å². The molecule has 1 aromatic heterocycles. The molecule has 9 heteroatoms. The van der Waals surface area contributed by atoms with Crippen molar-refractivity contribution in [3.63, 3.8) is 0 Å². The fourth-order valence-electron chi connectivity index (χ4n) is 1.38. The Balaban J connectivity index is 2.45. The highest BCUT2D eigenvalue weighted by atomic mass is 16.5. The molecule has 0 aliphatic carbocycles. The van der Waals surface area contributed by atoms with Crippen LogP contribution in [0.25, 0.3) is 0 Å². The monoisotopic (exact) mass is 285 g/mol. The quantitative estimate of drug-likeness (QED) is 0.637. The van der Waals surface area contributed by atoms with E-state index >= 15 is 0 Å². The van der Waals surface area contributed by atoms with Gasteiger partial charge in [0.2, 0.25) is 11.8 Å². The Hall–Kier alpha value is -2.45. The number of carbonyl (C=O) groups excluding carboxylic acids is 2. The Morgan fingerprint density at radius 3 is 2.65 bits per heavy atom. The number of aryl methyl sites for hydroxylation is 2. The summed E-state index contributed by atoms with van der Waals surface area (Å²) in [4.78, 5) is 37.4. The summed E-state index contributed by atoms with van der Waals surface area (Å²) in [5.74, 6) is -1.81. The maximum Gasteiger partial charge on any atom is 0.326 e. The molecule has 0 bridgehead atoms. The maximum absolute atomic E-state index is 11.6. The van der Waals surface area contributed by atoms with Crippen LogP contribution in [0.15, 0.2) is 4.52 Å².